The first kappa shape index (κ1) is 13.5. The number of hydrogen-bond acceptors (Lipinski definition) is 2. The minimum atomic E-state index is 0.509. The van der Waals surface area contributed by atoms with Gasteiger partial charge in [0.05, 0.1) is 0 Å². The Hall–Kier alpha value is -0.910. The van der Waals surface area contributed by atoms with Gasteiger partial charge in [0.15, 0.2) is 0 Å². The van der Waals surface area contributed by atoms with Crippen molar-refractivity contribution in [1.82, 2.24) is 5.32 Å². The van der Waals surface area contributed by atoms with Crippen LogP contribution in [-0.2, 0) is 6.42 Å². The lowest BCUT2D eigenvalue weighted by atomic mass is 10.0. The molecule has 0 fully saturated rings. The van der Waals surface area contributed by atoms with E-state index in [1.165, 1.54) is 23.3 Å². The number of rotatable bonds is 5. The maximum Gasteiger partial charge on any atom is 0.0302 e. The molecule has 1 aromatic carbocycles. The molecule has 0 bridgehead atoms. The van der Waals surface area contributed by atoms with Gasteiger partial charge < -0.3 is 5.32 Å². The van der Waals surface area contributed by atoms with Crippen molar-refractivity contribution < 1.29 is 0 Å². The predicted octanol–water partition coefficient (Wildman–Crippen LogP) is 3.49. The highest BCUT2D eigenvalue weighted by Crippen LogP contribution is 2.38. The average molecular weight is 259 g/mol. The van der Waals surface area contributed by atoms with Crippen LogP contribution in [-0.4, -0.2) is 17.8 Å². The van der Waals surface area contributed by atoms with Crippen LogP contribution in [0.1, 0.15) is 32.3 Å². The van der Waals surface area contributed by atoms with E-state index in [-0.39, 0.29) is 0 Å². The normalized spacial score (nSPS) is 18.9. The molecule has 0 radical (unpaired) electrons. The van der Waals surface area contributed by atoms with Crippen LogP contribution in [0.4, 0.5) is 0 Å². The molecule has 2 atom stereocenters. The molecule has 1 aromatic rings. The first-order valence-electron chi connectivity index (χ1n) is 6.72. The predicted molar refractivity (Wildman–Crippen MR) is 79.9 cm³/mol. The summed E-state index contributed by atoms with van der Waals surface area (Å²) >= 11 is 2.01. The maximum atomic E-state index is 3.66. The van der Waals surface area contributed by atoms with E-state index in [1.807, 2.05) is 18.7 Å². The van der Waals surface area contributed by atoms with Crippen molar-refractivity contribution in [2.75, 3.05) is 6.54 Å². The average Bonchev–Trinajstić information content (AvgIpc) is 2.82. The van der Waals surface area contributed by atoms with Crippen molar-refractivity contribution in [3.05, 3.63) is 29.8 Å². The zero-order chi connectivity index (χ0) is 12.8. The maximum absolute atomic E-state index is 3.66. The second-order valence-electron chi connectivity index (χ2n) is 4.66. The molecule has 0 saturated carbocycles. The molecule has 2 heteroatoms. The van der Waals surface area contributed by atoms with Gasteiger partial charge in [0.2, 0.25) is 0 Å². The molecule has 2 unspecified atom stereocenters. The summed E-state index contributed by atoms with van der Waals surface area (Å²) in [5.41, 5.74) is 1.50. The molecule has 2 rings (SSSR count). The highest BCUT2D eigenvalue weighted by Gasteiger charge is 2.28. The summed E-state index contributed by atoms with van der Waals surface area (Å²) in [4.78, 5) is 1.45. The first-order valence-corrected chi connectivity index (χ1v) is 7.60. The second kappa shape index (κ2) is 6.87. The highest BCUT2D eigenvalue weighted by atomic mass is 32.2. The molecule has 0 amide bonds. The molecular formula is C16H21NS. The van der Waals surface area contributed by atoms with Crippen molar-refractivity contribution >= 4 is 11.8 Å². The fourth-order valence-electron chi connectivity index (χ4n) is 2.31. The quantitative estimate of drug-likeness (QED) is 0.812. The van der Waals surface area contributed by atoms with E-state index >= 15 is 0 Å². The Kier molecular flexibility index (Phi) is 5.16. The number of hydrogen-bond donors (Lipinski definition) is 1. The number of thioether (sulfide) groups is 1. The lowest BCUT2D eigenvalue weighted by Gasteiger charge is -2.22. The summed E-state index contributed by atoms with van der Waals surface area (Å²) < 4.78 is 0. The third-order valence-corrected chi connectivity index (χ3v) is 4.73. The molecule has 18 heavy (non-hydrogen) atoms. The van der Waals surface area contributed by atoms with Crippen molar-refractivity contribution in [2.45, 2.75) is 49.3 Å². The Balaban J connectivity index is 2.01. The highest BCUT2D eigenvalue weighted by molar-refractivity contribution is 8.00. The minimum absolute atomic E-state index is 0.509. The van der Waals surface area contributed by atoms with E-state index in [1.54, 1.807) is 0 Å². The van der Waals surface area contributed by atoms with Crippen LogP contribution in [0.5, 0.6) is 0 Å². The van der Waals surface area contributed by atoms with E-state index < -0.39 is 0 Å². The van der Waals surface area contributed by atoms with Crippen LogP contribution in [0.15, 0.2) is 29.2 Å². The Labute approximate surface area is 115 Å². The largest absolute Gasteiger partial charge is 0.312 e. The summed E-state index contributed by atoms with van der Waals surface area (Å²) in [6.07, 6.45) is 3.32. The monoisotopic (exact) mass is 259 g/mol. The van der Waals surface area contributed by atoms with Crippen LogP contribution >= 0.6 is 11.8 Å². The summed E-state index contributed by atoms with van der Waals surface area (Å²) in [6, 6.07) is 9.28. The van der Waals surface area contributed by atoms with Crippen LogP contribution in [0.2, 0.25) is 0 Å². The Morgan fingerprint density at radius 1 is 1.44 bits per heavy atom. The van der Waals surface area contributed by atoms with Crippen molar-refractivity contribution in [3.63, 3.8) is 0 Å². The molecule has 0 aromatic heterocycles. The van der Waals surface area contributed by atoms with Crippen molar-refractivity contribution in [1.29, 1.82) is 0 Å². The van der Waals surface area contributed by atoms with Crippen molar-refractivity contribution in [3.8, 4) is 11.8 Å². The Morgan fingerprint density at radius 3 is 3.00 bits per heavy atom. The van der Waals surface area contributed by atoms with Gasteiger partial charge in [-0.2, -0.15) is 0 Å². The molecule has 1 aliphatic rings. The van der Waals surface area contributed by atoms with Gasteiger partial charge >= 0.3 is 0 Å². The lowest BCUT2D eigenvalue weighted by molar-refractivity contribution is 0.502. The lowest BCUT2D eigenvalue weighted by Crippen LogP contribution is -2.38. The topological polar surface area (TPSA) is 12.0 Å². The zero-order valence-corrected chi connectivity index (χ0v) is 12.0. The fraction of sp³-hybridized carbons (Fsp3) is 0.500. The number of nitrogens with one attached hydrogen (secondary N) is 1. The second-order valence-corrected chi connectivity index (χ2v) is 5.94. The number of fused-ring (bicyclic) bond motifs is 1. The van der Waals surface area contributed by atoms with Crippen molar-refractivity contribution in [2.24, 2.45) is 0 Å². The van der Waals surface area contributed by atoms with Gasteiger partial charge in [-0.05, 0) is 37.9 Å². The van der Waals surface area contributed by atoms with E-state index in [0.29, 0.717) is 11.3 Å². The van der Waals surface area contributed by atoms with Gasteiger partial charge in [0.25, 0.3) is 0 Å². The molecule has 0 saturated heterocycles. The molecule has 1 N–H and O–H groups in total. The SMILES string of the molecule is CC#CCC(NCCC)C1Cc2ccccc2S1. The summed E-state index contributed by atoms with van der Waals surface area (Å²) in [7, 11) is 0. The van der Waals surface area contributed by atoms with E-state index in [0.717, 1.165) is 13.0 Å². The summed E-state index contributed by atoms with van der Waals surface area (Å²) in [6.45, 7) is 5.23. The van der Waals surface area contributed by atoms with Gasteiger partial charge in [0.1, 0.15) is 0 Å². The number of benzene rings is 1. The van der Waals surface area contributed by atoms with Crippen LogP contribution in [0.25, 0.3) is 0 Å². The van der Waals surface area contributed by atoms with Gasteiger partial charge in [-0.25, -0.2) is 0 Å². The molecule has 96 valence electrons. The van der Waals surface area contributed by atoms with Gasteiger partial charge in [0, 0.05) is 22.6 Å². The molecule has 1 heterocycles. The summed E-state index contributed by atoms with van der Waals surface area (Å²) in [5, 5.41) is 4.29. The first-order chi connectivity index (χ1) is 8.85. The standard InChI is InChI=1S/C16H21NS/c1-3-5-9-14(17-11-4-2)16-12-13-8-6-7-10-15(13)18-16/h6-8,10,14,16-17H,4,9,11-12H2,1-2H3. The third kappa shape index (κ3) is 3.31. The van der Waals surface area contributed by atoms with Gasteiger partial charge in [-0.1, -0.05) is 25.1 Å². The van der Waals surface area contributed by atoms with E-state index in [2.05, 4.69) is 48.3 Å². The van der Waals surface area contributed by atoms with Crippen LogP contribution in [0, 0.1) is 11.8 Å². The van der Waals surface area contributed by atoms with Crippen LogP contribution < -0.4 is 5.32 Å². The fourth-order valence-corrected chi connectivity index (χ4v) is 3.72. The Bertz CT molecular complexity index is 419. The van der Waals surface area contributed by atoms with E-state index in [4.69, 9.17) is 0 Å². The van der Waals surface area contributed by atoms with Crippen LogP contribution in [0.3, 0.4) is 0 Å². The minimum Gasteiger partial charge on any atom is -0.312 e. The van der Waals surface area contributed by atoms with Gasteiger partial charge in [-0.3, -0.25) is 0 Å². The van der Waals surface area contributed by atoms with E-state index in [9.17, 15) is 0 Å². The third-order valence-electron chi connectivity index (χ3n) is 3.28. The molecule has 0 spiro atoms. The van der Waals surface area contributed by atoms with Gasteiger partial charge in [-0.15, -0.1) is 23.6 Å². The zero-order valence-electron chi connectivity index (χ0n) is 11.2. The molecule has 0 aliphatic carbocycles. The molecule has 1 nitrogen and oxygen atoms in total. The summed E-state index contributed by atoms with van der Waals surface area (Å²) in [5.74, 6) is 6.26. The molecular weight excluding hydrogens is 238 g/mol. The smallest absolute Gasteiger partial charge is 0.0302 e. The molecule has 1 aliphatic heterocycles. The Morgan fingerprint density at radius 2 is 2.28 bits per heavy atom.